The average molecular weight is 419 g/mol. The lowest BCUT2D eigenvalue weighted by atomic mass is 10.1. The second kappa shape index (κ2) is 9.34. The second-order valence-electron chi connectivity index (χ2n) is 5.92. The van der Waals surface area contributed by atoms with Gasteiger partial charge in [-0.1, -0.05) is 40.5 Å². The summed E-state index contributed by atoms with van der Waals surface area (Å²) in [4.78, 5) is 28.0. The number of aryl methyl sites for hydroxylation is 1. The average Bonchev–Trinajstić information content (AvgIpc) is 3.16. The van der Waals surface area contributed by atoms with Crippen molar-refractivity contribution in [1.82, 2.24) is 21.0 Å². The van der Waals surface area contributed by atoms with Crippen LogP contribution in [0, 0.1) is 0 Å². The Kier molecular flexibility index (Phi) is 6.62. The Morgan fingerprint density at radius 1 is 0.893 bits per heavy atom. The van der Waals surface area contributed by atoms with Gasteiger partial charge in [0.15, 0.2) is 0 Å². The molecule has 3 aromatic rings. The summed E-state index contributed by atoms with van der Waals surface area (Å²) in [6, 6.07) is 13.9. The zero-order valence-electron chi connectivity index (χ0n) is 14.6. The maximum absolute atomic E-state index is 11.9. The molecule has 0 saturated heterocycles. The molecule has 2 aromatic carbocycles. The van der Waals surface area contributed by atoms with E-state index in [0.717, 1.165) is 11.1 Å². The van der Waals surface area contributed by atoms with Gasteiger partial charge in [0.25, 0.3) is 0 Å². The van der Waals surface area contributed by atoms with E-state index < -0.39 is 0 Å². The largest absolute Gasteiger partial charge is 0.339 e. The van der Waals surface area contributed by atoms with Gasteiger partial charge < -0.3 is 4.52 Å². The zero-order valence-corrected chi connectivity index (χ0v) is 16.1. The number of carbonyl (C=O) groups excluding carboxylic acids is 2. The number of hydrogen-bond donors (Lipinski definition) is 2. The van der Waals surface area contributed by atoms with Crippen LogP contribution >= 0.6 is 23.2 Å². The predicted octanol–water partition coefficient (Wildman–Crippen LogP) is 3.37. The summed E-state index contributed by atoms with van der Waals surface area (Å²) < 4.78 is 5.14. The molecule has 1 heterocycles. The minimum Gasteiger partial charge on any atom is -0.339 e. The van der Waals surface area contributed by atoms with Gasteiger partial charge in [0.1, 0.15) is 0 Å². The maximum atomic E-state index is 11.9. The topological polar surface area (TPSA) is 97.1 Å². The molecular weight excluding hydrogens is 403 g/mol. The van der Waals surface area contributed by atoms with E-state index >= 15 is 0 Å². The van der Waals surface area contributed by atoms with Crippen LogP contribution < -0.4 is 10.9 Å². The van der Waals surface area contributed by atoms with Crippen molar-refractivity contribution in [2.75, 3.05) is 0 Å². The first-order chi connectivity index (χ1) is 13.5. The third-order valence-electron chi connectivity index (χ3n) is 3.76. The molecule has 1 aromatic heterocycles. The van der Waals surface area contributed by atoms with Crippen LogP contribution in [0.5, 0.6) is 0 Å². The Hall–Kier alpha value is -2.90. The van der Waals surface area contributed by atoms with Crippen LogP contribution in [0.15, 0.2) is 53.1 Å². The Labute approximate surface area is 171 Å². The molecule has 28 heavy (non-hydrogen) atoms. The van der Waals surface area contributed by atoms with Crippen LogP contribution in [0.1, 0.15) is 17.9 Å². The molecule has 0 aliphatic rings. The number of aromatic nitrogens is 2. The Bertz CT molecular complexity index is 956. The number of nitrogens with zero attached hydrogens (tertiary/aromatic N) is 2. The van der Waals surface area contributed by atoms with E-state index in [1.54, 1.807) is 48.5 Å². The quantitative estimate of drug-likeness (QED) is 0.598. The SMILES string of the molecule is O=C(CCc1nc(-c2ccc(Cl)cc2)no1)NNC(=O)Cc1ccc(Cl)cc1. The molecule has 0 fully saturated rings. The van der Waals surface area contributed by atoms with Crippen LogP contribution in [0.2, 0.25) is 10.0 Å². The fourth-order valence-corrected chi connectivity index (χ4v) is 2.58. The number of nitrogens with one attached hydrogen (secondary N) is 2. The highest BCUT2D eigenvalue weighted by molar-refractivity contribution is 6.30. The van der Waals surface area contributed by atoms with Crippen molar-refractivity contribution in [3.8, 4) is 11.4 Å². The molecule has 2 N–H and O–H groups in total. The summed E-state index contributed by atoms with van der Waals surface area (Å²) in [6.45, 7) is 0. The minimum atomic E-state index is -0.365. The van der Waals surface area contributed by atoms with E-state index in [1.165, 1.54) is 0 Å². The first-order valence-electron chi connectivity index (χ1n) is 8.40. The molecule has 9 heteroatoms. The number of halogens is 2. The number of amides is 2. The third kappa shape index (κ3) is 5.80. The first-order valence-corrected chi connectivity index (χ1v) is 9.16. The second-order valence-corrected chi connectivity index (χ2v) is 6.79. The Morgan fingerprint density at radius 3 is 2.18 bits per heavy atom. The van der Waals surface area contributed by atoms with Crippen molar-refractivity contribution in [2.24, 2.45) is 0 Å². The van der Waals surface area contributed by atoms with Crippen molar-refractivity contribution >= 4 is 35.0 Å². The standard InChI is InChI=1S/C19H16Cl2N4O3/c20-14-5-1-12(2-6-14)11-17(27)24-23-16(26)9-10-18-22-19(25-28-18)13-3-7-15(21)8-4-13/h1-8H,9-11H2,(H,23,26)(H,24,27). The summed E-state index contributed by atoms with van der Waals surface area (Å²) in [6.07, 6.45) is 0.467. The van der Waals surface area contributed by atoms with E-state index in [9.17, 15) is 9.59 Å². The number of rotatable bonds is 6. The lowest BCUT2D eigenvalue weighted by molar-refractivity contribution is -0.128. The monoisotopic (exact) mass is 418 g/mol. The molecule has 0 spiro atoms. The van der Waals surface area contributed by atoms with Crippen molar-refractivity contribution < 1.29 is 14.1 Å². The van der Waals surface area contributed by atoms with E-state index in [2.05, 4.69) is 21.0 Å². The molecular formula is C19H16Cl2N4O3. The van der Waals surface area contributed by atoms with Crippen molar-refractivity contribution in [3.63, 3.8) is 0 Å². The van der Waals surface area contributed by atoms with Gasteiger partial charge in [-0.2, -0.15) is 4.98 Å². The molecule has 2 amide bonds. The normalized spacial score (nSPS) is 10.5. The molecule has 0 saturated carbocycles. The molecule has 0 aliphatic carbocycles. The zero-order chi connectivity index (χ0) is 19.9. The first kappa shape index (κ1) is 19.9. The fraction of sp³-hybridized carbons (Fsp3) is 0.158. The van der Waals surface area contributed by atoms with Gasteiger partial charge in [0.05, 0.1) is 6.42 Å². The van der Waals surface area contributed by atoms with Crippen molar-refractivity contribution in [2.45, 2.75) is 19.3 Å². The van der Waals surface area contributed by atoms with Gasteiger partial charge in [-0.3, -0.25) is 20.4 Å². The fourth-order valence-electron chi connectivity index (χ4n) is 2.33. The number of hydrazine groups is 1. The summed E-state index contributed by atoms with van der Waals surface area (Å²) in [5.41, 5.74) is 6.28. The third-order valence-corrected chi connectivity index (χ3v) is 4.26. The summed E-state index contributed by atoms with van der Waals surface area (Å²) in [7, 11) is 0. The van der Waals surface area contributed by atoms with Gasteiger partial charge in [-0.15, -0.1) is 0 Å². The van der Waals surface area contributed by atoms with Crippen LogP contribution in [0.3, 0.4) is 0 Å². The highest BCUT2D eigenvalue weighted by Crippen LogP contribution is 2.19. The molecule has 0 bridgehead atoms. The maximum Gasteiger partial charge on any atom is 0.242 e. The smallest absolute Gasteiger partial charge is 0.242 e. The molecule has 0 radical (unpaired) electrons. The van der Waals surface area contributed by atoms with Crippen LogP contribution in [-0.4, -0.2) is 22.0 Å². The molecule has 3 rings (SSSR count). The number of benzene rings is 2. The van der Waals surface area contributed by atoms with Crippen molar-refractivity contribution in [1.29, 1.82) is 0 Å². The predicted molar refractivity (Wildman–Crippen MR) is 105 cm³/mol. The van der Waals surface area contributed by atoms with E-state index in [0.29, 0.717) is 21.8 Å². The Balaban J connectivity index is 1.42. The lowest BCUT2D eigenvalue weighted by Crippen LogP contribution is -2.42. The van der Waals surface area contributed by atoms with Crippen LogP contribution in [0.4, 0.5) is 0 Å². The Morgan fingerprint density at radius 2 is 1.50 bits per heavy atom. The highest BCUT2D eigenvalue weighted by Gasteiger charge is 2.11. The van der Waals surface area contributed by atoms with E-state index in [4.69, 9.17) is 27.7 Å². The van der Waals surface area contributed by atoms with E-state index in [1.807, 2.05) is 0 Å². The minimum absolute atomic E-state index is 0.0868. The van der Waals surface area contributed by atoms with Gasteiger partial charge in [-0.25, -0.2) is 0 Å². The number of hydrogen-bond acceptors (Lipinski definition) is 5. The van der Waals surface area contributed by atoms with E-state index in [-0.39, 0.29) is 31.1 Å². The summed E-state index contributed by atoms with van der Waals surface area (Å²) in [5.74, 6) is 0.0464. The molecule has 7 nitrogen and oxygen atoms in total. The lowest BCUT2D eigenvalue weighted by Gasteiger charge is -2.06. The summed E-state index contributed by atoms with van der Waals surface area (Å²) >= 11 is 11.6. The van der Waals surface area contributed by atoms with Gasteiger partial charge in [-0.05, 0) is 42.0 Å². The number of carbonyl (C=O) groups is 2. The van der Waals surface area contributed by atoms with Gasteiger partial charge in [0, 0.05) is 28.5 Å². The van der Waals surface area contributed by atoms with Crippen LogP contribution in [0.25, 0.3) is 11.4 Å². The van der Waals surface area contributed by atoms with Crippen molar-refractivity contribution in [3.05, 3.63) is 70.0 Å². The molecule has 144 valence electrons. The summed E-state index contributed by atoms with van der Waals surface area (Å²) in [5, 5.41) is 5.09. The van der Waals surface area contributed by atoms with Crippen LogP contribution in [-0.2, 0) is 22.4 Å². The highest BCUT2D eigenvalue weighted by atomic mass is 35.5. The molecule has 0 atom stereocenters. The molecule has 0 unspecified atom stereocenters. The van der Waals surface area contributed by atoms with Gasteiger partial charge in [0.2, 0.25) is 23.5 Å². The molecule has 0 aliphatic heterocycles. The van der Waals surface area contributed by atoms with Gasteiger partial charge >= 0.3 is 0 Å².